The molecule has 0 N–H and O–H groups in total. The van der Waals surface area contributed by atoms with Gasteiger partial charge in [0.25, 0.3) is 0 Å². The molecule has 0 aliphatic heterocycles. The van der Waals surface area contributed by atoms with Crippen LogP contribution < -0.4 is 0 Å². The van der Waals surface area contributed by atoms with Crippen molar-refractivity contribution in [3.63, 3.8) is 0 Å². The summed E-state index contributed by atoms with van der Waals surface area (Å²) in [5.74, 6) is 0. The van der Waals surface area contributed by atoms with Crippen LogP contribution in [0.15, 0.2) is 0 Å². The third-order valence-electron chi connectivity index (χ3n) is 2.41. The maximum Gasteiger partial charge on any atom is 0.00161 e. The minimum Gasteiger partial charge on any atom is -0.303 e. The first-order valence-corrected chi connectivity index (χ1v) is 5.77. The molecule has 0 saturated carbocycles. The quantitative estimate of drug-likeness (QED) is 0.495. The molecule has 78 valence electrons. The molecule has 0 aliphatic rings. The zero-order valence-corrected chi connectivity index (χ0v) is 9.39. The van der Waals surface area contributed by atoms with Crippen molar-refractivity contribution < 1.29 is 0 Å². The number of unbranched alkanes of at least 4 members (excludes halogenated alkanes) is 4. The fourth-order valence-electron chi connectivity index (χ4n) is 1.47. The first kappa shape index (κ1) is 13.0. The normalized spacial score (nSPS) is 11.1. The lowest BCUT2D eigenvalue weighted by Gasteiger charge is -2.19. The molecule has 0 aliphatic carbocycles. The summed E-state index contributed by atoms with van der Waals surface area (Å²) >= 11 is 0. The molecular formula is C12H25N. The maximum absolute atomic E-state index is 5.66. The molecule has 0 fully saturated rings. The van der Waals surface area contributed by atoms with Gasteiger partial charge in [0.15, 0.2) is 0 Å². The molecule has 13 heavy (non-hydrogen) atoms. The zero-order valence-electron chi connectivity index (χ0n) is 9.39. The highest BCUT2D eigenvalue weighted by molar-refractivity contribution is 4.59. The van der Waals surface area contributed by atoms with Gasteiger partial charge in [-0.3, -0.25) is 0 Å². The van der Waals surface area contributed by atoms with Gasteiger partial charge in [-0.1, -0.05) is 39.5 Å². The monoisotopic (exact) mass is 183 g/mol. The molecule has 0 unspecified atom stereocenters. The van der Waals surface area contributed by atoms with E-state index in [0.717, 1.165) is 6.54 Å². The van der Waals surface area contributed by atoms with Crippen molar-refractivity contribution in [2.75, 3.05) is 19.6 Å². The fraction of sp³-hybridized carbons (Fsp3) is 0.917. The van der Waals surface area contributed by atoms with Crippen molar-refractivity contribution in [3.8, 4) is 0 Å². The molecule has 0 aromatic carbocycles. The van der Waals surface area contributed by atoms with Crippen molar-refractivity contribution in [1.29, 1.82) is 0 Å². The Morgan fingerprint density at radius 2 is 1.31 bits per heavy atom. The van der Waals surface area contributed by atoms with E-state index in [1.807, 2.05) is 0 Å². The summed E-state index contributed by atoms with van der Waals surface area (Å²) in [7, 11) is 0. The van der Waals surface area contributed by atoms with Gasteiger partial charge in [-0.15, -0.1) is 0 Å². The smallest absolute Gasteiger partial charge is 0.00161 e. The second kappa shape index (κ2) is 10.0. The standard InChI is InChI=1S/C12H25N/c1-4-7-9-11-13(6-3)12-10-8-5-2/h3H,4-12H2,1-2H3. The fourth-order valence-corrected chi connectivity index (χ4v) is 1.47. The van der Waals surface area contributed by atoms with Crippen LogP contribution in [0, 0.1) is 6.92 Å². The molecule has 0 bridgehead atoms. The van der Waals surface area contributed by atoms with Crippen molar-refractivity contribution in [2.45, 2.75) is 52.4 Å². The lowest BCUT2D eigenvalue weighted by molar-refractivity contribution is 0.287. The highest BCUT2D eigenvalue weighted by Gasteiger charge is 2.00. The van der Waals surface area contributed by atoms with E-state index >= 15 is 0 Å². The lowest BCUT2D eigenvalue weighted by Crippen LogP contribution is -2.25. The predicted octanol–water partition coefficient (Wildman–Crippen LogP) is 3.38. The van der Waals surface area contributed by atoms with Gasteiger partial charge >= 0.3 is 0 Å². The summed E-state index contributed by atoms with van der Waals surface area (Å²) in [5.41, 5.74) is 0. The summed E-state index contributed by atoms with van der Waals surface area (Å²) in [4.78, 5) is 2.37. The second-order valence-electron chi connectivity index (χ2n) is 3.71. The molecule has 0 rings (SSSR count). The lowest BCUT2D eigenvalue weighted by atomic mass is 10.2. The van der Waals surface area contributed by atoms with Gasteiger partial charge in [0.2, 0.25) is 0 Å². The van der Waals surface area contributed by atoms with Gasteiger partial charge in [-0.05, 0) is 32.9 Å². The van der Waals surface area contributed by atoms with Crippen molar-refractivity contribution >= 4 is 0 Å². The summed E-state index contributed by atoms with van der Waals surface area (Å²) in [6.07, 6.45) is 7.88. The van der Waals surface area contributed by atoms with E-state index in [4.69, 9.17) is 6.92 Å². The molecule has 1 heteroatoms. The molecular weight excluding hydrogens is 158 g/mol. The van der Waals surface area contributed by atoms with Crippen LogP contribution in [0.4, 0.5) is 0 Å². The van der Waals surface area contributed by atoms with E-state index in [1.54, 1.807) is 0 Å². The van der Waals surface area contributed by atoms with E-state index in [0.29, 0.717) is 0 Å². The maximum atomic E-state index is 5.66. The molecule has 0 aromatic heterocycles. The zero-order chi connectivity index (χ0) is 9.94. The van der Waals surface area contributed by atoms with Crippen LogP contribution in [0.25, 0.3) is 0 Å². The Bertz CT molecular complexity index is 81.1. The van der Waals surface area contributed by atoms with Crippen LogP contribution in [0.3, 0.4) is 0 Å². The van der Waals surface area contributed by atoms with Gasteiger partial charge < -0.3 is 4.90 Å². The highest BCUT2D eigenvalue weighted by atomic mass is 15.1. The molecule has 2 radical (unpaired) electrons. The van der Waals surface area contributed by atoms with Gasteiger partial charge in [-0.25, -0.2) is 0 Å². The van der Waals surface area contributed by atoms with Crippen LogP contribution in [0.5, 0.6) is 0 Å². The van der Waals surface area contributed by atoms with E-state index in [2.05, 4.69) is 18.7 Å². The van der Waals surface area contributed by atoms with Crippen molar-refractivity contribution in [1.82, 2.24) is 4.90 Å². The van der Waals surface area contributed by atoms with Crippen molar-refractivity contribution in [3.05, 3.63) is 6.92 Å². The summed E-state index contributed by atoms with van der Waals surface area (Å²) < 4.78 is 0. The van der Waals surface area contributed by atoms with Crippen LogP contribution in [0.2, 0.25) is 0 Å². The highest BCUT2D eigenvalue weighted by Crippen LogP contribution is 2.01. The first-order chi connectivity index (χ1) is 6.35. The average Bonchev–Trinajstić information content (AvgIpc) is 2.16. The number of nitrogens with zero attached hydrogens (tertiary/aromatic N) is 1. The van der Waals surface area contributed by atoms with Gasteiger partial charge in [0.05, 0.1) is 0 Å². The molecule has 0 amide bonds. The molecule has 0 spiro atoms. The molecule has 0 aromatic rings. The minimum absolute atomic E-state index is 0.730. The SMILES string of the molecule is [CH]CN(CCCCC)CCCCC. The summed E-state index contributed by atoms with van der Waals surface area (Å²) in [6, 6.07) is 0. The van der Waals surface area contributed by atoms with Crippen molar-refractivity contribution in [2.24, 2.45) is 0 Å². The molecule has 0 heterocycles. The number of hydrogen-bond donors (Lipinski definition) is 0. The number of rotatable bonds is 9. The number of hydrogen-bond acceptors (Lipinski definition) is 1. The molecule has 0 saturated heterocycles. The Kier molecular flexibility index (Phi) is 10.0. The van der Waals surface area contributed by atoms with Crippen LogP contribution >= 0.6 is 0 Å². The Labute approximate surface area is 84.5 Å². The molecule has 0 atom stereocenters. The van der Waals surface area contributed by atoms with Crippen LogP contribution in [-0.4, -0.2) is 24.5 Å². The third-order valence-corrected chi connectivity index (χ3v) is 2.41. The minimum atomic E-state index is 0.730. The summed E-state index contributed by atoms with van der Waals surface area (Å²) in [5, 5.41) is 0. The Morgan fingerprint density at radius 1 is 0.846 bits per heavy atom. The predicted molar refractivity (Wildman–Crippen MR) is 59.8 cm³/mol. The third kappa shape index (κ3) is 8.29. The summed E-state index contributed by atoms with van der Waals surface area (Å²) in [6.45, 7) is 13.2. The van der Waals surface area contributed by atoms with E-state index in [1.165, 1.54) is 51.6 Å². The van der Waals surface area contributed by atoms with Crippen LogP contribution in [-0.2, 0) is 0 Å². The van der Waals surface area contributed by atoms with Gasteiger partial charge in [0, 0.05) is 6.54 Å². The molecule has 1 nitrogen and oxygen atoms in total. The average molecular weight is 183 g/mol. The largest absolute Gasteiger partial charge is 0.303 e. The van der Waals surface area contributed by atoms with E-state index in [-0.39, 0.29) is 0 Å². The van der Waals surface area contributed by atoms with E-state index < -0.39 is 0 Å². The Morgan fingerprint density at radius 3 is 1.62 bits per heavy atom. The Balaban J connectivity index is 3.28. The first-order valence-electron chi connectivity index (χ1n) is 5.77. The van der Waals surface area contributed by atoms with Crippen LogP contribution in [0.1, 0.15) is 52.4 Å². The topological polar surface area (TPSA) is 3.24 Å². The van der Waals surface area contributed by atoms with Gasteiger partial charge in [-0.2, -0.15) is 0 Å². The van der Waals surface area contributed by atoms with E-state index in [9.17, 15) is 0 Å². The Hall–Kier alpha value is -0.0400. The van der Waals surface area contributed by atoms with Gasteiger partial charge in [0.1, 0.15) is 0 Å². The second-order valence-corrected chi connectivity index (χ2v) is 3.71.